The molecule has 0 saturated carbocycles. The van der Waals surface area contributed by atoms with Crippen molar-refractivity contribution in [1.29, 1.82) is 0 Å². The molecule has 0 aliphatic rings. The summed E-state index contributed by atoms with van der Waals surface area (Å²) in [7, 11) is 0. The van der Waals surface area contributed by atoms with Crippen LogP contribution in [-0.4, -0.2) is 32.8 Å². The van der Waals surface area contributed by atoms with Gasteiger partial charge in [-0.05, 0) is 42.0 Å². The highest BCUT2D eigenvalue weighted by atomic mass is 32.1. The minimum absolute atomic E-state index is 0.0499. The topological polar surface area (TPSA) is 129 Å². The first-order valence-corrected chi connectivity index (χ1v) is 8.47. The number of benzene rings is 2. The van der Waals surface area contributed by atoms with E-state index < -0.39 is 11.9 Å². The van der Waals surface area contributed by atoms with Crippen molar-refractivity contribution in [3.63, 3.8) is 0 Å². The van der Waals surface area contributed by atoms with Crippen LogP contribution in [0.1, 0.15) is 16.1 Å². The second-order valence-electron chi connectivity index (χ2n) is 5.19. The quantitative estimate of drug-likeness (QED) is 0.398. The first kappa shape index (κ1) is 18.0. The zero-order valence-electron chi connectivity index (χ0n) is 13.8. The molecular weight excluding hydrogens is 368 g/mol. The maximum atomic E-state index is 12.2. The third kappa shape index (κ3) is 5.09. The Morgan fingerprint density at radius 3 is 2.52 bits per heavy atom. The Bertz CT molecular complexity index is 956. The maximum absolute atomic E-state index is 12.2. The lowest BCUT2D eigenvalue weighted by Gasteiger charge is -2.06. The lowest BCUT2D eigenvalue weighted by Crippen LogP contribution is -2.23. The average molecular weight is 382 g/mol. The van der Waals surface area contributed by atoms with E-state index in [0.717, 1.165) is 11.5 Å². The molecule has 9 nitrogen and oxygen atoms in total. The van der Waals surface area contributed by atoms with Gasteiger partial charge >= 0.3 is 6.03 Å². The highest BCUT2D eigenvalue weighted by Crippen LogP contribution is 2.18. The molecule has 3 amide bonds. The average Bonchev–Trinajstić information content (AvgIpc) is 3.12. The van der Waals surface area contributed by atoms with Gasteiger partial charge in [0.25, 0.3) is 5.91 Å². The molecule has 0 spiro atoms. The van der Waals surface area contributed by atoms with Gasteiger partial charge in [-0.25, -0.2) is 10.2 Å². The van der Waals surface area contributed by atoms with E-state index in [9.17, 15) is 14.7 Å². The van der Waals surface area contributed by atoms with Crippen LogP contribution in [0.15, 0.2) is 59.7 Å². The zero-order chi connectivity index (χ0) is 19.1. The molecule has 0 radical (unpaired) electrons. The molecule has 0 aliphatic heterocycles. The van der Waals surface area contributed by atoms with Crippen molar-refractivity contribution in [2.75, 3.05) is 10.6 Å². The van der Waals surface area contributed by atoms with Crippen LogP contribution in [0.25, 0.3) is 0 Å². The predicted octanol–water partition coefficient (Wildman–Crippen LogP) is 2.65. The molecule has 3 aromatic rings. The number of para-hydroxylation sites is 1. The second kappa shape index (κ2) is 8.54. The van der Waals surface area contributed by atoms with E-state index in [1.807, 2.05) is 6.07 Å². The molecule has 3 rings (SSSR count). The number of anilines is 2. The Balaban J connectivity index is 1.59. The molecule has 0 unspecified atom stereocenters. The number of carbonyl (C=O) groups excluding carboxylic acids is 2. The van der Waals surface area contributed by atoms with Crippen LogP contribution in [0.5, 0.6) is 5.75 Å². The molecule has 136 valence electrons. The Morgan fingerprint density at radius 2 is 1.78 bits per heavy atom. The fourth-order valence-electron chi connectivity index (χ4n) is 1.99. The van der Waals surface area contributed by atoms with Crippen molar-refractivity contribution in [3.8, 4) is 5.75 Å². The van der Waals surface area contributed by atoms with E-state index in [1.165, 1.54) is 18.3 Å². The number of nitrogens with zero attached hydrogens (tertiary/aromatic N) is 3. The smallest absolute Gasteiger partial charge is 0.324 e. The molecular formula is C17H14N6O3S. The van der Waals surface area contributed by atoms with E-state index in [1.54, 1.807) is 36.4 Å². The minimum Gasteiger partial charge on any atom is -0.508 e. The standard InChI is InChI=1S/C17H14N6O3S/c24-13-8-6-11(7-9-13)10-18-22-15(25)14-16(27-23-21-14)20-17(26)19-12-4-2-1-3-5-12/h1-10,24H,(H,22,25)(H2,19,20,26). The summed E-state index contributed by atoms with van der Waals surface area (Å²) in [5, 5.41) is 22.1. The molecule has 1 heterocycles. The van der Waals surface area contributed by atoms with E-state index >= 15 is 0 Å². The van der Waals surface area contributed by atoms with Crippen LogP contribution in [-0.2, 0) is 0 Å². The summed E-state index contributed by atoms with van der Waals surface area (Å²) in [5.41, 5.74) is 3.56. The first-order chi connectivity index (χ1) is 13.1. The van der Waals surface area contributed by atoms with Gasteiger partial charge in [0.1, 0.15) is 5.75 Å². The lowest BCUT2D eigenvalue weighted by molar-refractivity contribution is 0.0951. The van der Waals surface area contributed by atoms with Crippen LogP contribution in [0.4, 0.5) is 15.5 Å². The predicted molar refractivity (Wildman–Crippen MR) is 102 cm³/mol. The summed E-state index contributed by atoms with van der Waals surface area (Å²) in [4.78, 5) is 24.2. The number of urea groups is 1. The molecule has 0 fully saturated rings. The molecule has 10 heteroatoms. The van der Waals surface area contributed by atoms with E-state index in [4.69, 9.17) is 0 Å². The van der Waals surface area contributed by atoms with Gasteiger partial charge in [-0.2, -0.15) is 5.10 Å². The molecule has 4 N–H and O–H groups in total. The van der Waals surface area contributed by atoms with Gasteiger partial charge in [-0.3, -0.25) is 10.1 Å². The Kier molecular flexibility index (Phi) is 5.70. The SMILES string of the molecule is O=C(Nc1ccccc1)Nc1snnc1C(=O)NN=Cc1ccc(O)cc1. The minimum atomic E-state index is -0.617. The summed E-state index contributed by atoms with van der Waals surface area (Å²) < 4.78 is 3.69. The summed E-state index contributed by atoms with van der Waals surface area (Å²) in [5.74, 6) is -0.483. The van der Waals surface area contributed by atoms with Crippen LogP contribution in [0, 0.1) is 0 Å². The van der Waals surface area contributed by atoms with Gasteiger partial charge < -0.3 is 10.4 Å². The third-order valence-corrected chi connectivity index (χ3v) is 3.88. The fourth-order valence-corrected chi connectivity index (χ4v) is 2.55. The number of hydrazone groups is 1. The number of aromatic nitrogens is 2. The number of nitrogens with one attached hydrogen (secondary N) is 3. The van der Waals surface area contributed by atoms with Crippen molar-refractivity contribution in [1.82, 2.24) is 15.0 Å². The summed E-state index contributed by atoms with van der Waals surface area (Å²) in [6.45, 7) is 0. The van der Waals surface area contributed by atoms with E-state index in [0.29, 0.717) is 11.3 Å². The monoisotopic (exact) mass is 382 g/mol. The number of aromatic hydroxyl groups is 1. The normalized spacial score (nSPS) is 10.5. The summed E-state index contributed by atoms with van der Waals surface area (Å²) in [6.07, 6.45) is 1.41. The number of amides is 3. The first-order valence-electron chi connectivity index (χ1n) is 7.69. The van der Waals surface area contributed by atoms with E-state index in [2.05, 4.69) is 30.7 Å². The second-order valence-corrected chi connectivity index (χ2v) is 5.94. The van der Waals surface area contributed by atoms with Crippen molar-refractivity contribution in [3.05, 3.63) is 65.9 Å². The number of hydrogen-bond acceptors (Lipinski definition) is 7. The van der Waals surface area contributed by atoms with Crippen LogP contribution in [0.3, 0.4) is 0 Å². The molecule has 0 saturated heterocycles. The largest absolute Gasteiger partial charge is 0.508 e. The molecule has 0 aliphatic carbocycles. The molecule has 27 heavy (non-hydrogen) atoms. The molecule has 2 aromatic carbocycles. The lowest BCUT2D eigenvalue weighted by atomic mass is 10.2. The molecule has 1 aromatic heterocycles. The van der Waals surface area contributed by atoms with Crippen molar-refractivity contribution in [2.24, 2.45) is 5.10 Å². The summed E-state index contributed by atoms with van der Waals surface area (Å²) >= 11 is 0.875. The highest BCUT2D eigenvalue weighted by molar-refractivity contribution is 7.10. The van der Waals surface area contributed by atoms with Gasteiger partial charge in [-0.1, -0.05) is 22.7 Å². The van der Waals surface area contributed by atoms with Gasteiger partial charge in [-0.15, -0.1) is 5.10 Å². The number of rotatable bonds is 5. The fraction of sp³-hybridized carbons (Fsp3) is 0. The third-order valence-electron chi connectivity index (χ3n) is 3.23. The van der Waals surface area contributed by atoms with Crippen LogP contribution < -0.4 is 16.1 Å². The number of phenols is 1. The van der Waals surface area contributed by atoms with Gasteiger partial charge in [0, 0.05) is 17.2 Å². The zero-order valence-corrected chi connectivity index (χ0v) is 14.6. The van der Waals surface area contributed by atoms with Crippen LogP contribution >= 0.6 is 11.5 Å². The van der Waals surface area contributed by atoms with Crippen molar-refractivity contribution in [2.45, 2.75) is 0 Å². The molecule has 0 bridgehead atoms. The molecule has 0 atom stereocenters. The van der Waals surface area contributed by atoms with E-state index in [-0.39, 0.29) is 16.4 Å². The number of phenolic OH excluding ortho intramolecular Hbond substituents is 1. The van der Waals surface area contributed by atoms with Crippen LogP contribution in [0.2, 0.25) is 0 Å². The van der Waals surface area contributed by atoms with Gasteiger partial charge in [0.15, 0.2) is 10.7 Å². The number of hydrogen-bond donors (Lipinski definition) is 4. The Morgan fingerprint density at radius 1 is 1.04 bits per heavy atom. The Hall–Kier alpha value is -3.79. The van der Waals surface area contributed by atoms with Gasteiger partial charge in [0.2, 0.25) is 0 Å². The van der Waals surface area contributed by atoms with Crippen molar-refractivity contribution >= 4 is 40.4 Å². The maximum Gasteiger partial charge on any atom is 0.324 e. The highest BCUT2D eigenvalue weighted by Gasteiger charge is 2.18. The van der Waals surface area contributed by atoms with Crippen molar-refractivity contribution < 1.29 is 14.7 Å². The number of carbonyl (C=O) groups is 2. The van der Waals surface area contributed by atoms with Gasteiger partial charge in [0.05, 0.1) is 6.21 Å². The Labute approximate surface area is 157 Å². The summed E-state index contributed by atoms with van der Waals surface area (Å²) in [6, 6.07) is 14.6.